The molecular formula is C16H20O4-2. The molecule has 0 heterocycles. The molecule has 0 aliphatic heterocycles. The van der Waals surface area contributed by atoms with Gasteiger partial charge in [-0.2, -0.15) is 0 Å². The zero-order chi connectivity index (χ0) is 14.3. The predicted molar refractivity (Wildman–Crippen MR) is 67.9 cm³/mol. The summed E-state index contributed by atoms with van der Waals surface area (Å²) < 4.78 is 0. The quantitative estimate of drug-likeness (QED) is 0.684. The maximum atomic E-state index is 11.6. The Bertz CT molecular complexity index is 423. The minimum Gasteiger partial charge on any atom is -0.550 e. The second-order valence-electron chi connectivity index (χ2n) is 6.44. The van der Waals surface area contributed by atoms with Crippen LogP contribution in [0.25, 0.3) is 0 Å². The Morgan fingerprint density at radius 2 is 1.15 bits per heavy atom. The Morgan fingerprint density at radius 1 is 0.750 bits per heavy atom. The highest BCUT2D eigenvalue weighted by Gasteiger charge is 2.46. The van der Waals surface area contributed by atoms with Crippen LogP contribution in [-0.4, -0.2) is 11.9 Å². The van der Waals surface area contributed by atoms with Crippen molar-refractivity contribution in [1.29, 1.82) is 0 Å². The summed E-state index contributed by atoms with van der Waals surface area (Å²) in [6, 6.07) is 0. The number of fused-ring (bicyclic) bond motifs is 2. The van der Waals surface area contributed by atoms with Gasteiger partial charge in [-0.15, -0.1) is 0 Å². The summed E-state index contributed by atoms with van der Waals surface area (Å²) in [6.45, 7) is 0. The summed E-state index contributed by atoms with van der Waals surface area (Å²) in [5, 5.41) is 23.1. The number of carboxylic acids is 2. The van der Waals surface area contributed by atoms with Gasteiger partial charge in [0.1, 0.15) is 0 Å². The van der Waals surface area contributed by atoms with E-state index in [0.717, 1.165) is 51.4 Å². The third-order valence-electron chi connectivity index (χ3n) is 5.53. The maximum absolute atomic E-state index is 11.6. The molecule has 0 N–H and O–H groups in total. The van der Waals surface area contributed by atoms with Gasteiger partial charge >= 0.3 is 0 Å². The lowest BCUT2D eigenvalue weighted by Crippen LogP contribution is -2.53. The molecule has 2 fully saturated rings. The third-order valence-corrected chi connectivity index (χ3v) is 5.53. The van der Waals surface area contributed by atoms with Gasteiger partial charge in [-0.25, -0.2) is 0 Å². The number of aliphatic carboxylic acids is 2. The molecule has 4 nitrogen and oxygen atoms in total. The van der Waals surface area contributed by atoms with E-state index in [9.17, 15) is 19.8 Å². The van der Waals surface area contributed by atoms with Gasteiger partial charge in [0.25, 0.3) is 0 Å². The predicted octanol–water partition coefficient (Wildman–Crippen LogP) is 0.409. The average Bonchev–Trinajstić information content (AvgIpc) is 2.45. The third kappa shape index (κ3) is 2.05. The summed E-state index contributed by atoms with van der Waals surface area (Å²) in [4.78, 5) is 23.1. The van der Waals surface area contributed by atoms with Crippen LogP contribution < -0.4 is 10.2 Å². The van der Waals surface area contributed by atoms with Crippen LogP contribution in [0.5, 0.6) is 0 Å². The van der Waals surface area contributed by atoms with Crippen molar-refractivity contribution in [2.24, 2.45) is 23.7 Å². The standard InChI is InChI=1S/C16H22O4/c17-15(18)13-11-7-3-1-5-9(11)10-6-2-4-8-12(10)14(13)16(19)20/h11-14H,1-8H2,(H,17,18)(H,19,20)/p-2/t11-,12+,13-,14-/m1/s1. The maximum Gasteiger partial charge on any atom is 0.0458 e. The number of hydrogen-bond donors (Lipinski definition) is 0. The van der Waals surface area contributed by atoms with E-state index < -0.39 is 23.8 Å². The van der Waals surface area contributed by atoms with E-state index in [2.05, 4.69) is 0 Å². The van der Waals surface area contributed by atoms with E-state index in [1.807, 2.05) is 0 Å². The van der Waals surface area contributed by atoms with E-state index >= 15 is 0 Å². The van der Waals surface area contributed by atoms with E-state index in [4.69, 9.17) is 0 Å². The minimum atomic E-state index is -1.20. The molecule has 3 rings (SSSR count). The fourth-order valence-corrected chi connectivity index (χ4v) is 4.79. The molecule has 0 aromatic rings. The van der Waals surface area contributed by atoms with Gasteiger partial charge in [0.15, 0.2) is 0 Å². The van der Waals surface area contributed by atoms with Gasteiger partial charge in [0.05, 0.1) is 0 Å². The topological polar surface area (TPSA) is 80.3 Å². The van der Waals surface area contributed by atoms with Crippen molar-refractivity contribution in [3.63, 3.8) is 0 Å². The fraction of sp³-hybridized carbons (Fsp3) is 0.750. The van der Waals surface area contributed by atoms with Crippen LogP contribution in [0.3, 0.4) is 0 Å². The number of allylic oxidation sites excluding steroid dienone is 2. The zero-order valence-electron chi connectivity index (χ0n) is 11.6. The monoisotopic (exact) mass is 276 g/mol. The number of hydrogen-bond acceptors (Lipinski definition) is 4. The van der Waals surface area contributed by atoms with E-state index in [1.165, 1.54) is 11.1 Å². The number of rotatable bonds is 2. The number of carbonyl (C=O) groups excluding carboxylic acids is 2. The van der Waals surface area contributed by atoms with Crippen LogP contribution in [0.1, 0.15) is 51.4 Å². The van der Waals surface area contributed by atoms with Crippen LogP contribution in [0.15, 0.2) is 11.1 Å². The lowest BCUT2D eigenvalue weighted by Gasteiger charge is -2.50. The molecule has 4 atom stereocenters. The van der Waals surface area contributed by atoms with Crippen LogP contribution in [-0.2, 0) is 9.59 Å². The highest BCUT2D eigenvalue weighted by Crippen LogP contribution is 2.52. The second kappa shape index (κ2) is 5.23. The highest BCUT2D eigenvalue weighted by atomic mass is 16.4. The second-order valence-corrected chi connectivity index (χ2v) is 6.44. The van der Waals surface area contributed by atoms with Crippen molar-refractivity contribution < 1.29 is 19.8 Å². The van der Waals surface area contributed by atoms with Gasteiger partial charge in [-0.05, 0) is 50.4 Å². The van der Waals surface area contributed by atoms with Gasteiger partial charge in [0, 0.05) is 23.8 Å². The molecule has 0 aromatic heterocycles. The molecule has 0 spiro atoms. The molecule has 3 aliphatic rings. The Morgan fingerprint density at radius 3 is 1.50 bits per heavy atom. The Kier molecular flexibility index (Phi) is 3.57. The highest BCUT2D eigenvalue weighted by molar-refractivity contribution is 5.80. The van der Waals surface area contributed by atoms with Gasteiger partial charge < -0.3 is 19.8 Å². The van der Waals surface area contributed by atoms with E-state index in [-0.39, 0.29) is 11.8 Å². The smallest absolute Gasteiger partial charge is 0.0458 e. The Labute approximate surface area is 118 Å². The molecule has 2 saturated carbocycles. The van der Waals surface area contributed by atoms with Gasteiger partial charge in [0.2, 0.25) is 0 Å². The number of carboxylic acid groups (broad SMARTS) is 2. The molecular weight excluding hydrogens is 256 g/mol. The summed E-state index contributed by atoms with van der Waals surface area (Å²) in [5.41, 5.74) is 2.51. The first-order chi connectivity index (χ1) is 9.61. The molecule has 0 bridgehead atoms. The summed E-state index contributed by atoms with van der Waals surface area (Å²) in [6.07, 6.45) is 7.61. The summed E-state index contributed by atoms with van der Waals surface area (Å²) in [7, 11) is 0. The Balaban J connectivity index is 2.09. The van der Waals surface area contributed by atoms with Crippen LogP contribution in [0.2, 0.25) is 0 Å². The largest absolute Gasteiger partial charge is 0.550 e. The van der Waals surface area contributed by atoms with Crippen LogP contribution in [0.4, 0.5) is 0 Å². The normalized spacial score (nSPS) is 37.0. The first kappa shape index (κ1) is 13.7. The van der Waals surface area contributed by atoms with Crippen molar-refractivity contribution in [3.05, 3.63) is 11.1 Å². The van der Waals surface area contributed by atoms with Crippen molar-refractivity contribution in [2.75, 3.05) is 0 Å². The SMILES string of the molecule is O=C([O-])[C@H]1[C@H](C(=O)[O-])[C@H]2CCCCC2=C2CCCC[C@H]21. The molecule has 0 radical (unpaired) electrons. The van der Waals surface area contributed by atoms with Crippen LogP contribution in [0, 0.1) is 23.7 Å². The van der Waals surface area contributed by atoms with Crippen molar-refractivity contribution in [1.82, 2.24) is 0 Å². The molecule has 0 unspecified atom stereocenters. The molecule has 0 amide bonds. The van der Waals surface area contributed by atoms with Crippen molar-refractivity contribution in [3.8, 4) is 0 Å². The number of carbonyl (C=O) groups is 2. The summed E-state index contributed by atoms with van der Waals surface area (Å²) in [5.74, 6) is -4.42. The fourth-order valence-electron chi connectivity index (χ4n) is 4.79. The van der Waals surface area contributed by atoms with Gasteiger partial charge in [-0.1, -0.05) is 24.0 Å². The van der Waals surface area contributed by atoms with Crippen LogP contribution >= 0.6 is 0 Å². The Hall–Kier alpha value is -1.32. The molecule has 0 saturated heterocycles. The van der Waals surface area contributed by atoms with E-state index in [1.54, 1.807) is 0 Å². The lowest BCUT2D eigenvalue weighted by molar-refractivity contribution is -0.331. The molecule has 4 heteroatoms. The minimum absolute atomic E-state index is 0.124. The van der Waals surface area contributed by atoms with Crippen molar-refractivity contribution >= 4 is 11.9 Å². The average molecular weight is 276 g/mol. The van der Waals surface area contributed by atoms with E-state index in [0.29, 0.717) is 0 Å². The zero-order valence-corrected chi connectivity index (χ0v) is 11.6. The lowest BCUT2D eigenvalue weighted by atomic mass is 9.57. The molecule has 0 aromatic carbocycles. The van der Waals surface area contributed by atoms with Crippen molar-refractivity contribution in [2.45, 2.75) is 51.4 Å². The summed E-state index contributed by atoms with van der Waals surface area (Å²) >= 11 is 0. The first-order valence-electron chi connectivity index (χ1n) is 7.74. The molecule has 20 heavy (non-hydrogen) atoms. The molecule has 110 valence electrons. The van der Waals surface area contributed by atoms with Gasteiger partial charge in [-0.3, -0.25) is 0 Å². The molecule has 3 aliphatic carbocycles. The first-order valence-corrected chi connectivity index (χ1v) is 7.74.